The number of carbonyl (C=O) groups is 1. The Balaban J connectivity index is 1.65. The maximum atomic E-state index is 12.0. The van der Waals surface area contributed by atoms with Crippen LogP contribution in [0.1, 0.15) is 12.0 Å². The normalized spacial score (nSPS) is 11.5. The quantitative estimate of drug-likeness (QED) is 0.465. The second kappa shape index (κ2) is 10.6. The molecule has 0 bridgehead atoms. The van der Waals surface area contributed by atoms with Gasteiger partial charge in [0.1, 0.15) is 11.5 Å². The molecular weight excluding hydrogens is 352 g/mol. The fraction of sp³-hybridized carbons (Fsp3) is 0.316. The van der Waals surface area contributed by atoms with E-state index in [4.69, 9.17) is 9.47 Å². The molecule has 2 aromatic carbocycles. The van der Waals surface area contributed by atoms with E-state index in [2.05, 4.69) is 18.1 Å². The van der Waals surface area contributed by atoms with Gasteiger partial charge in [0.15, 0.2) is 6.29 Å². The van der Waals surface area contributed by atoms with Crippen molar-refractivity contribution in [3.8, 4) is 11.5 Å². The summed E-state index contributed by atoms with van der Waals surface area (Å²) in [4.78, 5) is 12.0. The molecule has 0 fully saturated rings. The molecule has 0 spiro atoms. The number of ether oxygens (including phenoxy) is 2. The van der Waals surface area contributed by atoms with E-state index >= 15 is 0 Å². The Kier molecular flexibility index (Phi) is 8.11. The minimum Gasteiger partial charge on any atom is -0.497 e. The molecule has 0 radical (unpaired) electrons. The van der Waals surface area contributed by atoms with Gasteiger partial charge >= 0.3 is 6.03 Å². The third-order valence-corrected chi connectivity index (χ3v) is 4.07. The van der Waals surface area contributed by atoms with Crippen molar-refractivity contribution >= 4 is 18.8 Å². The Labute approximate surface area is 159 Å². The summed E-state index contributed by atoms with van der Waals surface area (Å²) >= 11 is 4.15. The average Bonchev–Trinajstić information content (AvgIpc) is 2.67. The Morgan fingerprint density at radius 3 is 2.46 bits per heavy atom. The molecule has 2 rings (SSSR count). The molecular formula is C19H24N2O4S. The van der Waals surface area contributed by atoms with Crippen LogP contribution in [0.4, 0.5) is 4.79 Å². The maximum Gasteiger partial charge on any atom is 0.327 e. The zero-order valence-corrected chi connectivity index (χ0v) is 15.6. The molecule has 2 aromatic rings. The molecule has 1 unspecified atom stereocenters. The highest BCUT2D eigenvalue weighted by atomic mass is 32.1. The van der Waals surface area contributed by atoms with Crippen LogP contribution < -0.4 is 14.8 Å². The van der Waals surface area contributed by atoms with Gasteiger partial charge < -0.3 is 19.9 Å². The summed E-state index contributed by atoms with van der Waals surface area (Å²) in [6, 6.07) is 16.5. The number of methoxy groups -OCH3 is 1. The second-order valence-corrected chi connectivity index (χ2v) is 6.11. The van der Waals surface area contributed by atoms with Crippen LogP contribution in [0.2, 0.25) is 0 Å². The first-order valence-corrected chi connectivity index (χ1v) is 8.75. The summed E-state index contributed by atoms with van der Waals surface area (Å²) in [6.07, 6.45) is -0.0471. The fourth-order valence-corrected chi connectivity index (χ4v) is 2.44. The molecule has 0 aliphatic heterocycles. The Bertz CT molecular complexity index is 667. The van der Waals surface area contributed by atoms with E-state index in [0.29, 0.717) is 18.0 Å². The van der Waals surface area contributed by atoms with Gasteiger partial charge in [-0.15, -0.1) is 0 Å². The molecule has 2 N–H and O–H groups in total. The fourth-order valence-electron chi connectivity index (χ4n) is 2.25. The van der Waals surface area contributed by atoms with Gasteiger partial charge in [-0.1, -0.05) is 43.1 Å². The van der Waals surface area contributed by atoms with Crippen LogP contribution in [0.3, 0.4) is 0 Å². The SMILES string of the molecule is COc1ccc(OC(O)CCN(S)C(=O)NCCc2ccccc2)cc1. The summed E-state index contributed by atoms with van der Waals surface area (Å²) in [7, 11) is 1.58. The number of hydrogen-bond donors (Lipinski definition) is 3. The highest BCUT2D eigenvalue weighted by molar-refractivity contribution is 7.78. The van der Waals surface area contributed by atoms with Crippen LogP contribution in [0.25, 0.3) is 0 Å². The van der Waals surface area contributed by atoms with Gasteiger partial charge in [-0.3, -0.25) is 4.31 Å². The molecule has 0 heterocycles. The predicted octanol–water partition coefficient (Wildman–Crippen LogP) is 2.88. The summed E-state index contributed by atoms with van der Waals surface area (Å²) in [5, 5.41) is 12.7. The van der Waals surface area contributed by atoms with Gasteiger partial charge in [0.2, 0.25) is 0 Å². The van der Waals surface area contributed by atoms with Crippen molar-refractivity contribution in [2.75, 3.05) is 20.2 Å². The van der Waals surface area contributed by atoms with Gasteiger partial charge in [0, 0.05) is 19.5 Å². The van der Waals surface area contributed by atoms with Crippen molar-refractivity contribution in [3.63, 3.8) is 0 Å². The van der Waals surface area contributed by atoms with Crippen LogP contribution >= 0.6 is 12.8 Å². The molecule has 26 heavy (non-hydrogen) atoms. The van der Waals surface area contributed by atoms with Gasteiger partial charge in [-0.25, -0.2) is 4.79 Å². The number of rotatable bonds is 9. The zero-order chi connectivity index (χ0) is 18.8. The Morgan fingerprint density at radius 1 is 1.15 bits per heavy atom. The second-order valence-electron chi connectivity index (χ2n) is 5.63. The third-order valence-electron chi connectivity index (χ3n) is 3.69. The first-order valence-electron chi connectivity index (χ1n) is 8.35. The summed E-state index contributed by atoms with van der Waals surface area (Å²) in [5.41, 5.74) is 1.15. The highest BCUT2D eigenvalue weighted by Crippen LogP contribution is 2.18. The number of amides is 2. The van der Waals surface area contributed by atoms with Crippen molar-refractivity contribution in [2.24, 2.45) is 0 Å². The maximum absolute atomic E-state index is 12.0. The van der Waals surface area contributed by atoms with Crippen molar-refractivity contribution in [3.05, 3.63) is 60.2 Å². The standard InChI is InChI=1S/C19H24N2O4S/c1-24-16-7-9-17(10-8-16)25-18(22)12-14-21(26)19(23)20-13-11-15-5-3-2-4-6-15/h2-10,18,22,26H,11-14H2,1H3,(H,20,23). The van der Waals surface area contributed by atoms with Crippen molar-refractivity contribution < 1.29 is 19.4 Å². The number of nitrogens with zero attached hydrogens (tertiary/aromatic N) is 1. The molecule has 0 saturated heterocycles. The van der Waals surface area contributed by atoms with E-state index in [1.807, 2.05) is 30.3 Å². The molecule has 2 amide bonds. The topological polar surface area (TPSA) is 71.0 Å². The number of carbonyl (C=O) groups excluding carboxylic acids is 1. The van der Waals surface area contributed by atoms with Gasteiger partial charge in [0.05, 0.1) is 7.11 Å². The van der Waals surface area contributed by atoms with E-state index in [9.17, 15) is 9.90 Å². The molecule has 0 aromatic heterocycles. The third kappa shape index (κ3) is 6.85. The molecule has 0 saturated carbocycles. The van der Waals surface area contributed by atoms with Crippen LogP contribution in [-0.4, -0.2) is 41.9 Å². The molecule has 1 atom stereocenters. The largest absolute Gasteiger partial charge is 0.497 e. The number of nitrogens with one attached hydrogen (secondary N) is 1. The number of hydrogen-bond acceptors (Lipinski definition) is 5. The number of thiol groups is 1. The smallest absolute Gasteiger partial charge is 0.327 e. The minimum atomic E-state index is -1.03. The minimum absolute atomic E-state index is 0.238. The van der Waals surface area contributed by atoms with Crippen LogP contribution in [-0.2, 0) is 6.42 Å². The monoisotopic (exact) mass is 376 g/mol. The van der Waals surface area contributed by atoms with Crippen LogP contribution in [0.15, 0.2) is 54.6 Å². The number of aliphatic hydroxyl groups is 1. The summed E-state index contributed by atoms with van der Waals surface area (Å²) in [5.74, 6) is 1.23. The van der Waals surface area contributed by atoms with Gasteiger partial charge in [-0.05, 0) is 36.2 Å². The first-order chi connectivity index (χ1) is 12.6. The van der Waals surface area contributed by atoms with E-state index in [1.54, 1.807) is 31.4 Å². The number of benzene rings is 2. The lowest BCUT2D eigenvalue weighted by atomic mass is 10.1. The first kappa shape index (κ1) is 19.9. The molecule has 0 aliphatic carbocycles. The molecule has 6 nitrogen and oxygen atoms in total. The highest BCUT2D eigenvalue weighted by Gasteiger charge is 2.13. The lowest BCUT2D eigenvalue weighted by molar-refractivity contribution is -0.0240. The predicted molar refractivity (Wildman–Crippen MR) is 103 cm³/mol. The van der Waals surface area contributed by atoms with E-state index in [-0.39, 0.29) is 19.0 Å². The van der Waals surface area contributed by atoms with Crippen molar-refractivity contribution in [1.29, 1.82) is 0 Å². The summed E-state index contributed by atoms with van der Waals surface area (Å²) in [6.45, 7) is 0.766. The van der Waals surface area contributed by atoms with Crippen LogP contribution in [0.5, 0.6) is 11.5 Å². The van der Waals surface area contributed by atoms with Crippen molar-refractivity contribution in [2.45, 2.75) is 19.1 Å². The lowest BCUT2D eigenvalue weighted by Gasteiger charge is -2.19. The van der Waals surface area contributed by atoms with Gasteiger partial charge in [0.25, 0.3) is 0 Å². The Morgan fingerprint density at radius 2 is 1.81 bits per heavy atom. The zero-order valence-electron chi connectivity index (χ0n) is 14.7. The lowest BCUT2D eigenvalue weighted by Crippen LogP contribution is -2.37. The average molecular weight is 376 g/mol. The molecule has 0 aliphatic rings. The van der Waals surface area contributed by atoms with Gasteiger partial charge in [-0.2, -0.15) is 0 Å². The number of aliphatic hydroxyl groups excluding tert-OH is 1. The van der Waals surface area contributed by atoms with E-state index < -0.39 is 6.29 Å². The Hall–Kier alpha value is -2.38. The number of urea groups is 1. The molecule has 7 heteroatoms. The van der Waals surface area contributed by atoms with E-state index in [1.165, 1.54) is 4.31 Å². The summed E-state index contributed by atoms with van der Waals surface area (Å²) < 4.78 is 11.7. The van der Waals surface area contributed by atoms with Crippen LogP contribution in [0, 0.1) is 0 Å². The van der Waals surface area contributed by atoms with Crippen molar-refractivity contribution in [1.82, 2.24) is 9.62 Å². The van der Waals surface area contributed by atoms with E-state index in [0.717, 1.165) is 12.0 Å². The molecule has 140 valence electrons.